The molecule has 29 heavy (non-hydrogen) atoms. The molecular formula is C18H36N2O7P2. The SMILES string of the molecule is CCCCCCc1cc(NC(P(=O)(OCC)OCC)P(=O)(OCC)OCC)no1. The Hall–Kier alpha value is -0.690. The van der Waals surface area contributed by atoms with Crippen LogP contribution in [0.2, 0.25) is 0 Å². The van der Waals surface area contributed by atoms with Crippen molar-refractivity contribution >= 4 is 21.0 Å². The lowest BCUT2D eigenvalue weighted by Crippen LogP contribution is -2.25. The minimum atomic E-state index is -3.90. The third-order valence-electron chi connectivity index (χ3n) is 3.95. The molecular weight excluding hydrogens is 418 g/mol. The van der Waals surface area contributed by atoms with Gasteiger partial charge in [0.1, 0.15) is 5.76 Å². The minimum Gasteiger partial charge on any atom is -0.359 e. The Morgan fingerprint density at radius 2 is 1.41 bits per heavy atom. The summed E-state index contributed by atoms with van der Waals surface area (Å²) in [4.78, 5) is 0. The van der Waals surface area contributed by atoms with Crippen molar-refractivity contribution in [1.29, 1.82) is 0 Å². The van der Waals surface area contributed by atoms with Crippen LogP contribution in [0.3, 0.4) is 0 Å². The summed E-state index contributed by atoms with van der Waals surface area (Å²) in [5.41, 5.74) is -1.37. The Morgan fingerprint density at radius 1 is 0.897 bits per heavy atom. The Labute approximate surface area is 174 Å². The topological polar surface area (TPSA) is 109 Å². The predicted molar refractivity (Wildman–Crippen MR) is 113 cm³/mol. The quantitative estimate of drug-likeness (QED) is 0.223. The number of hydrogen-bond donors (Lipinski definition) is 1. The molecule has 0 saturated carbocycles. The van der Waals surface area contributed by atoms with Gasteiger partial charge in [0, 0.05) is 12.5 Å². The van der Waals surface area contributed by atoms with Gasteiger partial charge in [0.25, 0.3) is 0 Å². The molecule has 1 heterocycles. The largest absolute Gasteiger partial charge is 0.365 e. The fraction of sp³-hybridized carbons (Fsp3) is 0.833. The average Bonchev–Trinajstić information content (AvgIpc) is 3.11. The molecule has 1 aromatic rings. The van der Waals surface area contributed by atoms with Crippen LogP contribution in [0, 0.1) is 0 Å². The summed E-state index contributed by atoms with van der Waals surface area (Å²) in [5.74, 6) is 0.965. The van der Waals surface area contributed by atoms with E-state index in [1.54, 1.807) is 33.8 Å². The monoisotopic (exact) mass is 454 g/mol. The van der Waals surface area contributed by atoms with Crippen molar-refractivity contribution in [3.05, 3.63) is 11.8 Å². The van der Waals surface area contributed by atoms with E-state index in [4.69, 9.17) is 22.6 Å². The zero-order chi connectivity index (χ0) is 21.8. The Kier molecular flexibility index (Phi) is 12.3. The molecule has 170 valence electrons. The maximum atomic E-state index is 13.5. The third kappa shape index (κ3) is 8.16. The number of aromatic nitrogens is 1. The van der Waals surface area contributed by atoms with Crippen molar-refractivity contribution < 1.29 is 31.7 Å². The molecule has 0 fully saturated rings. The zero-order valence-electron chi connectivity index (χ0n) is 18.2. The number of rotatable bonds is 17. The lowest BCUT2D eigenvalue weighted by atomic mass is 10.1. The first-order chi connectivity index (χ1) is 13.9. The number of hydrogen-bond acceptors (Lipinski definition) is 9. The van der Waals surface area contributed by atoms with Gasteiger partial charge in [-0.1, -0.05) is 31.3 Å². The molecule has 0 aromatic carbocycles. The first-order valence-corrected chi connectivity index (χ1v) is 13.6. The van der Waals surface area contributed by atoms with Crippen molar-refractivity contribution in [2.24, 2.45) is 0 Å². The van der Waals surface area contributed by atoms with Crippen molar-refractivity contribution in [3.8, 4) is 0 Å². The van der Waals surface area contributed by atoms with Gasteiger partial charge in [-0.3, -0.25) is 9.13 Å². The van der Waals surface area contributed by atoms with Crippen LogP contribution in [0.25, 0.3) is 0 Å². The smallest absolute Gasteiger partial charge is 0.359 e. The summed E-state index contributed by atoms with van der Waals surface area (Å²) in [5, 5.41) is 6.86. The molecule has 0 amide bonds. The first kappa shape index (κ1) is 26.3. The molecule has 0 bridgehead atoms. The van der Waals surface area contributed by atoms with Crippen molar-refractivity contribution in [3.63, 3.8) is 0 Å². The molecule has 9 nitrogen and oxygen atoms in total. The van der Waals surface area contributed by atoms with E-state index in [0.717, 1.165) is 25.7 Å². The Morgan fingerprint density at radius 3 is 1.86 bits per heavy atom. The normalized spacial score (nSPS) is 12.6. The van der Waals surface area contributed by atoms with Gasteiger partial charge in [-0.05, 0) is 34.1 Å². The number of aryl methyl sites for hydroxylation is 1. The molecule has 0 aliphatic carbocycles. The second-order valence-electron chi connectivity index (χ2n) is 6.26. The minimum absolute atomic E-state index is 0.106. The molecule has 0 aliphatic heterocycles. The highest BCUT2D eigenvalue weighted by Crippen LogP contribution is 2.70. The molecule has 0 atom stereocenters. The van der Waals surface area contributed by atoms with Gasteiger partial charge in [0.2, 0.25) is 5.52 Å². The van der Waals surface area contributed by atoms with Gasteiger partial charge in [0.15, 0.2) is 5.82 Å². The summed E-state index contributed by atoms with van der Waals surface area (Å²) in [6.45, 7) is 9.30. The maximum absolute atomic E-state index is 13.5. The standard InChI is InChI=1S/C18H36N2O7P2/c1-6-11-12-13-14-16-15-17(20-27-16)19-18(28(21,23-7-2)24-8-3)29(22,25-9-4)26-10-5/h15,18H,6-14H2,1-5H3,(H,19,20). The van der Waals surface area contributed by atoms with Crippen LogP contribution in [0.1, 0.15) is 66.1 Å². The fourth-order valence-electron chi connectivity index (χ4n) is 2.77. The van der Waals surface area contributed by atoms with E-state index >= 15 is 0 Å². The number of nitrogens with zero attached hydrogens (tertiary/aromatic N) is 1. The molecule has 1 N–H and O–H groups in total. The lowest BCUT2D eigenvalue weighted by Gasteiger charge is -2.31. The van der Waals surface area contributed by atoms with E-state index in [1.807, 2.05) is 0 Å². The highest BCUT2D eigenvalue weighted by Gasteiger charge is 2.51. The Bertz CT molecular complexity index is 618. The molecule has 0 spiro atoms. The summed E-state index contributed by atoms with van der Waals surface area (Å²) in [7, 11) is -7.81. The van der Waals surface area contributed by atoms with E-state index in [2.05, 4.69) is 17.4 Å². The summed E-state index contributed by atoms with van der Waals surface area (Å²) < 4.78 is 54.0. The van der Waals surface area contributed by atoms with E-state index in [1.165, 1.54) is 6.42 Å². The van der Waals surface area contributed by atoms with Gasteiger partial charge < -0.3 is 27.9 Å². The predicted octanol–water partition coefficient (Wildman–Crippen LogP) is 6.03. The summed E-state index contributed by atoms with van der Waals surface area (Å²) in [6, 6.07) is 1.70. The molecule has 0 unspecified atom stereocenters. The van der Waals surface area contributed by atoms with Gasteiger partial charge in [-0.15, -0.1) is 0 Å². The van der Waals surface area contributed by atoms with E-state index in [-0.39, 0.29) is 32.2 Å². The van der Waals surface area contributed by atoms with E-state index < -0.39 is 20.7 Å². The lowest BCUT2D eigenvalue weighted by molar-refractivity contribution is 0.198. The highest BCUT2D eigenvalue weighted by molar-refractivity contribution is 7.72. The van der Waals surface area contributed by atoms with Gasteiger partial charge in [-0.25, -0.2) is 0 Å². The molecule has 11 heteroatoms. The van der Waals surface area contributed by atoms with Crippen molar-refractivity contribution in [2.45, 2.75) is 72.2 Å². The van der Waals surface area contributed by atoms with Gasteiger partial charge in [-0.2, -0.15) is 0 Å². The molecule has 1 aromatic heterocycles. The van der Waals surface area contributed by atoms with Crippen LogP contribution in [-0.4, -0.2) is 37.1 Å². The summed E-state index contributed by atoms with van der Waals surface area (Å²) in [6.07, 6.45) is 5.15. The van der Waals surface area contributed by atoms with Crippen LogP contribution in [-0.2, 0) is 33.6 Å². The van der Waals surface area contributed by atoms with Crippen LogP contribution >= 0.6 is 15.2 Å². The van der Waals surface area contributed by atoms with E-state index in [0.29, 0.717) is 5.76 Å². The van der Waals surface area contributed by atoms with Crippen molar-refractivity contribution in [1.82, 2.24) is 5.16 Å². The van der Waals surface area contributed by atoms with Gasteiger partial charge in [0.05, 0.1) is 26.4 Å². The fourth-order valence-corrected chi connectivity index (χ4v) is 7.68. The van der Waals surface area contributed by atoms with Crippen LogP contribution in [0.15, 0.2) is 10.6 Å². The maximum Gasteiger partial charge on any atom is 0.365 e. The number of unbranched alkanes of at least 4 members (excludes halogenated alkanes) is 3. The summed E-state index contributed by atoms with van der Waals surface area (Å²) >= 11 is 0. The van der Waals surface area contributed by atoms with E-state index in [9.17, 15) is 9.13 Å². The molecule has 0 saturated heterocycles. The van der Waals surface area contributed by atoms with Crippen molar-refractivity contribution in [2.75, 3.05) is 31.7 Å². The highest BCUT2D eigenvalue weighted by atomic mass is 31.2. The first-order valence-electron chi connectivity index (χ1n) is 10.4. The van der Waals surface area contributed by atoms with Crippen LogP contribution in [0.5, 0.6) is 0 Å². The second kappa shape index (κ2) is 13.6. The molecule has 0 aliphatic rings. The average molecular weight is 454 g/mol. The number of nitrogens with one attached hydrogen (secondary N) is 1. The van der Waals surface area contributed by atoms with Crippen LogP contribution < -0.4 is 5.32 Å². The van der Waals surface area contributed by atoms with Gasteiger partial charge >= 0.3 is 15.2 Å². The zero-order valence-corrected chi connectivity index (χ0v) is 20.0. The third-order valence-corrected chi connectivity index (χ3v) is 9.57. The Balaban J connectivity index is 3.13. The molecule has 1 rings (SSSR count). The number of anilines is 1. The molecule has 0 radical (unpaired) electrons. The second-order valence-corrected chi connectivity index (χ2v) is 10.9. The van der Waals surface area contributed by atoms with Crippen LogP contribution in [0.4, 0.5) is 5.82 Å².